The van der Waals surface area contributed by atoms with E-state index in [-0.39, 0.29) is 5.82 Å². The first-order chi connectivity index (χ1) is 16.5. The summed E-state index contributed by atoms with van der Waals surface area (Å²) in [6.45, 7) is 2.27. The number of H-pyrrole nitrogens is 1. The van der Waals surface area contributed by atoms with Crippen LogP contribution in [0.4, 0.5) is 4.39 Å². The summed E-state index contributed by atoms with van der Waals surface area (Å²) in [5, 5.41) is 13.5. The summed E-state index contributed by atoms with van der Waals surface area (Å²) in [5.74, 6) is 0.546. The maximum Gasteiger partial charge on any atom is 0.125 e. The third kappa shape index (κ3) is 3.34. The van der Waals surface area contributed by atoms with Crippen molar-refractivity contribution in [3.63, 3.8) is 0 Å². The largest absolute Gasteiger partial charge is 0.497 e. The average Bonchev–Trinajstić information content (AvgIpc) is 3.18. The SMILES string of the molecule is COc1cccc(C23CCN(Cc4ccccc4)CC2(O)Cc2c([nH]c4cc(F)ccc24)C3)c1. The van der Waals surface area contributed by atoms with Gasteiger partial charge in [-0.25, -0.2) is 4.39 Å². The zero-order valence-electron chi connectivity index (χ0n) is 19.4. The molecule has 3 aromatic carbocycles. The first kappa shape index (κ1) is 21.4. The van der Waals surface area contributed by atoms with E-state index in [1.54, 1.807) is 13.2 Å². The second-order valence-corrected chi connectivity index (χ2v) is 9.92. The summed E-state index contributed by atoms with van der Waals surface area (Å²) in [7, 11) is 1.68. The third-order valence-electron chi connectivity index (χ3n) is 8.01. The van der Waals surface area contributed by atoms with Crippen molar-refractivity contribution in [3.05, 3.63) is 101 Å². The minimum atomic E-state index is -0.969. The highest BCUT2D eigenvalue weighted by atomic mass is 19.1. The van der Waals surface area contributed by atoms with Crippen LogP contribution < -0.4 is 4.74 Å². The molecule has 4 nitrogen and oxygen atoms in total. The lowest BCUT2D eigenvalue weighted by atomic mass is 9.56. The molecule has 2 unspecified atom stereocenters. The Bertz CT molecular complexity index is 1350. The van der Waals surface area contributed by atoms with Gasteiger partial charge in [-0.1, -0.05) is 42.5 Å². The number of hydrogen-bond donors (Lipinski definition) is 2. The van der Waals surface area contributed by atoms with Gasteiger partial charge in [-0.3, -0.25) is 4.90 Å². The van der Waals surface area contributed by atoms with Crippen molar-refractivity contribution in [2.45, 2.75) is 36.8 Å². The minimum Gasteiger partial charge on any atom is -0.497 e. The van der Waals surface area contributed by atoms with E-state index in [4.69, 9.17) is 4.74 Å². The molecule has 1 fully saturated rings. The number of nitrogens with one attached hydrogen (secondary N) is 1. The number of rotatable bonds is 4. The topological polar surface area (TPSA) is 48.5 Å². The molecule has 1 aromatic heterocycles. The number of ether oxygens (including phenoxy) is 1. The standard InChI is InChI=1S/C29H29FN2O2/c1-34-23-9-5-8-21(14-23)28-12-13-32(18-20-6-3-2-4-7-20)19-29(28,33)16-25-24-11-10-22(30)15-26(24)31-27(25)17-28/h2-11,14-15,31,33H,12-13,16-19H2,1H3. The number of fused-ring (bicyclic) bond motifs is 4. The van der Waals surface area contributed by atoms with E-state index < -0.39 is 11.0 Å². The number of benzene rings is 3. The number of aliphatic hydroxyl groups is 1. The van der Waals surface area contributed by atoms with Crippen LogP contribution in [0.5, 0.6) is 5.75 Å². The number of aromatic amines is 1. The molecule has 1 aliphatic heterocycles. The Balaban J connectivity index is 1.46. The third-order valence-corrected chi connectivity index (χ3v) is 8.01. The summed E-state index contributed by atoms with van der Waals surface area (Å²) < 4.78 is 19.5. The number of aromatic nitrogens is 1. The molecule has 1 aliphatic carbocycles. The van der Waals surface area contributed by atoms with E-state index >= 15 is 0 Å². The Kier molecular flexibility index (Phi) is 5.01. The van der Waals surface area contributed by atoms with Crippen molar-refractivity contribution < 1.29 is 14.2 Å². The number of nitrogens with zero attached hydrogens (tertiary/aromatic N) is 1. The van der Waals surface area contributed by atoms with Crippen LogP contribution in [-0.4, -0.2) is 40.8 Å². The normalized spacial score (nSPS) is 24.6. The summed E-state index contributed by atoms with van der Waals surface area (Å²) in [5.41, 5.74) is 3.93. The molecular weight excluding hydrogens is 427 g/mol. The van der Waals surface area contributed by atoms with Crippen LogP contribution >= 0.6 is 0 Å². The Morgan fingerprint density at radius 1 is 1.03 bits per heavy atom. The van der Waals surface area contributed by atoms with Gasteiger partial charge in [0.25, 0.3) is 0 Å². The van der Waals surface area contributed by atoms with Crippen LogP contribution in [0.25, 0.3) is 10.9 Å². The number of piperidine rings is 1. The summed E-state index contributed by atoms with van der Waals surface area (Å²) in [6, 6.07) is 23.5. The summed E-state index contributed by atoms with van der Waals surface area (Å²) in [4.78, 5) is 5.85. The zero-order chi connectivity index (χ0) is 23.3. The highest BCUT2D eigenvalue weighted by Gasteiger charge is 2.57. The molecule has 2 aliphatic rings. The highest BCUT2D eigenvalue weighted by molar-refractivity contribution is 5.85. The van der Waals surface area contributed by atoms with Gasteiger partial charge in [0.1, 0.15) is 11.6 Å². The predicted molar refractivity (Wildman–Crippen MR) is 132 cm³/mol. The van der Waals surface area contributed by atoms with Crippen LogP contribution in [0.1, 0.15) is 28.8 Å². The highest BCUT2D eigenvalue weighted by Crippen LogP contribution is 2.52. The molecule has 1 saturated heterocycles. The summed E-state index contributed by atoms with van der Waals surface area (Å²) >= 11 is 0. The van der Waals surface area contributed by atoms with Gasteiger partial charge >= 0.3 is 0 Å². The lowest BCUT2D eigenvalue weighted by molar-refractivity contribution is -0.105. The van der Waals surface area contributed by atoms with Gasteiger partial charge in [-0.15, -0.1) is 0 Å². The van der Waals surface area contributed by atoms with Crippen molar-refractivity contribution >= 4 is 10.9 Å². The molecule has 5 heteroatoms. The number of hydrogen-bond acceptors (Lipinski definition) is 3. The van der Waals surface area contributed by atoms with E-state index in [0.29, 0.717) is 19.4 Å². The van der Waals surface area contributed by atoms with Crippen LogP contribution in [0.3, 0.4) is 0 Å². The van der Waals surface area contributed by atoms with E-state index in [1.807, 2.05) is 24.3 Å². The van der Waals surface area contributed by atoms with Gasteiger partial charge in [-0.2, -0.15) is 0 Å². The Morgan fingerprint density at radius 2 is 1.88 bits per heavy atom. The van der Waals surface area contributed by atoms with Crippen molar-refractivity contribution in [2.24, 2.45) is 0 Å². The maximum absolute atomic E-state index is 14.0. The molecule has 2 atom stereocenters. The van der Waals surface area contributed by atoms with Crippen molar-refractivity contribution in [2.75, 3.05) is 20.2 Å². The van der Waals surface area contributed by atoms with E-state index in [2.05, 4.69) is 46.3 Å². The van der Waals surface area contributed by atoms with Gasteiger partial charge in [0, 0.05) is 47.9 Å². The van der Waals surface area contributed by atoms with Crippen LogP contribution in [0.15, 0.2) is 72.8 Å². The Morgan fingerprint density at radius 3 is 2.71 bits per heavy atom. The first-order valence-electron chi connectivity index (χ1n) is 11.9. The maximum atomic E-state index is 14.0. The summed E-state index contributed by atoms with van der Waals surface area (Å²) in [6.07, 6.45) is 2.03. The molecule has 34 heavy (non-hydrogen) atoms. The van der Waals surface area contributed by atoms with Gasteiger partial charge in [-0.05, 0) is 60.0 Å². The molecule has 6 rings (SSSR count). The second-order valence-electron chi connectivity index (χ2n) is 9.92. The molecule has 2 heterocycles. The smallest absolute Gasteiger partial charge is 0.125 e. The number of halogens is 1. The second kappa shape index (κ2) is 7.97. The van der Waals surface area contributed by atoms with Crippen LogP contribution in [0.2, 0.25) is 0 Å². The van der Waals surface area contributed by atoms with Gasteiger partial charge < -0.3 is 14.8 Å². The fraction of sp³-hybridized carbons (Fsp3) is 0.310. The van der Waals surface area contributed by atoms with Gasteiger partial charge in [0.15, 0.2) is 0 Å². The van der Waals surface area contributed by atoms with Crippen LogP contribution in [0, 0.1) is 5.82 Å². The number of methoxy groups -OCH3 is 1. The van der Waals surface area contributed by atoms with Crippen molar-refractivity contribution in [3.8, 4) is 5.75 Å². The molecule has 0 spiro atoms. The van der Waals surface area contributed by atoms with E-state index in [0.717, 1.165) is 53.0 Å². The molecule has 0 radical (unpaired) electrons. The Labute approximate surface area is 199 Å². The monoisotopic (exact) mass is 456 g/mol. The predicted octanol–water partition coefficient (Wildman–Crippen LogP) is 4.99. The number of likely N-dealkylation sites (tertiary alicyclic amines) is 1. The van der Waals surface area contributed by atoms with E-state index in [9.17, 15) is 9.50 Å². The van der Waals surface area contributed by atoms with Crippen LogP contribution in [-0.2, 0) is 24.8 Å². The Hall–Kier alpha value is -3.15. The molecule has 4 aromatic rings. The fourth-order valence-corrected chi connectivity index (χ4v) is 6.30. The first-order valence-corrected chi connectivity index (χ1v) is 11.9. The lowest BCUT2D eigenvalue weighted by Gasteiger charge is -2.56. The minimum absolute atomic E-state index is 0.251. The van der Waals surface area contributed by atoms with Gasteiger partial charge in [0.2, 0.25) is 0 Å². The average molecular weight is 457 g/mol. The quantitative estimate of drug-likeness (QED) is 0.455. The number of β-amino-alcohol motifs (C(OH)–C–C–N with tert-alkyl or cyclic N) is 1. The van der Waals surface area contributed by atoms with E-state index in [1.165, 1.54) is 11.6 Å². The van der Waals surface area contributed by atoms with Gasteiger partial charge in [0.05, 0.1) is 12.7 Å². The zero-order valence-corrected chi connectivity index (χ0v) is 19.4. The van der Waals surface area contributed by atoms with Crippen molar-refractivity contribution in [1.82, 2.24) is 9.88 Å². The molecule has 2 N–H and O–H groups in total. The molecule has 0 saturated carbocycles. The van der Waals surface area contributed by atoms with Crippen molar-refractivity contribution in [1.29, 1.82) is 0 Å². The molecular formula is C29H29FN2O2. The molecule has 0 bridgehead atoms. The fourth-order valence-electron chi connectivity index (χ4n) is 6.30. The molecule has 0 amide bonds. The molecule has 174 valence electrons. The lowest BCUT2D eigenvalue weighted by Crippen LogP contribution is -2.66.